The molecule has 1 aliphatic heterocycles. The quantitative estimate of drug-likeness (QED) is 0.343. The molecule has 0 spiro atoms. The first-order valence-corrected chi connectivity index (χ1v) is 14.8. The first-order valence-electron chi connectivity index (χ1n) is 13.9. The molecule has 41 heavy (non-hydrogen) atoms. The van der Waals surface area contributed by atoms with E-state index in [1.54, 1.807) is 27.0 Å². The first-order chi connectivity index (χ1) is 19.5. The number of fused-ring (bicyclic) bond motifs is 5. The second kappa shape index (κ2) is 11.6. The van der Waals surface area contributed by atoms with Crippen LogP contribution < -0.4 is 20.5 Å². The molecule has 0 unspecified atom stereocenters. The number of thiazole rings is 1. The Morgan fingerprint density at radius 2 is 1.93 bits per heavy atom. The SMILES string of the molecule is CC(=O)N(CCCNC(=O)OC(C)(C)C)c1c(=O)c2cnc(N3CCCN(C)CC3)nc2n2c1sc1ccccc12. The van der Waals surface area contributed by atoms with Crippen LogP contribution in [0.1, 0.15) is 40.5 Å². The molecule has 3 aromatic heterocycles. The number of para-hydroxylation sites is 1. The Hall–Kier alpha value is -3.77. The van der Waals surface area contributed by atoms with E-state index < -0.39 is 11.7 Å². The molecule has 4 aromatic rings. The highest BCUT2D eigenvalue weighted by atomic mass is 32.1. The van der Waals surface area contributed by atoms with Crippen LogP contribution >= 0.6 is 11.3 Å². The van der Waals surface area contributed by atoms with E-state index in [9.17, 15) is 14.4 Å². The van der Waals surface area contributed by atoms with Crippen LogP contribution in [-0.4, -0.2) is 83.2 Å². The van der Waals surface area contributed by atoms with Crippen molar-refractivity contribution in [1.29, 1.82) is 0 Å². The molecule has 1 saturated heterocycles. The molecule has 0 bridgehead atoms. The van der Waals surface area contributed by atoms with Crippen molar-refractivity contribution in [2.75, 3.05) is 56.1 Å². The molecule has 12 heteroatoms. The third kappa shape index (κ3) is 6.13. The fraction of sp³-hybridized carbons (Fsp3) is 0.483. The second-order valence-electron chi connectivity index (χ2n) is 11.4. The van der Waals surface area contributed by atoms with Crippen LogP contribution in [0.4, 0.5) is 16.4 Å². The van der Waals surface area contributed by atoms with Gasteiger partial charge in [-0.3, -0.25) is 14.0 Å². The van der Waals surface area contributed by atoms with Crippen LogP contribution in [0.2, 0.25) is 0 Å². The van der Waals surface area contributed by atoms with Gasteiger partial charge in [0.05, 0.1) is 15.6 Å². The number of nitrogens with one attached hydrogen (secondary N) is 1. The molecule has 2 amide bonds. The standard InChI is InChI=1S/C29H37N7O4S/c1-19(37)35(15-8-12-30-28(39)40-29(2,3)4)23-24(38)20-18-31-27(34-14-9-13-33(5)16-17-34)32-25(20)36-21-10-6-7-11-22(21)41-26(23)36/h6-7,10-11,18H,8-9,12-17H2,1-5H3,(H,30,39). The molecular weight excluding hydrogens is 542 g/mol. The minimum atomic E-state index is -0.604. The van der Waals surface area contributed by atoms with Crippen molar-refractivity contribution < 1.29 is 14.3 Å². The van der Waals surface area contributed by atoms with Crippen molar-refractivity contribution >= 4 is 61.1 Å². The molecule has 1 aromatic carbocycles. The molecule has 1 fully saturated rings. The number of carbonyl (C=O) groups excluding carboxylic acids is 2. The summed E-state index contributed by atoms with van der Waals surface area (Å²) in [5, 5.41) is 3.08. The van der Waals surface area contributed by atoms with Gasteiger partial charge in [0, 0.05) is 45.8 Å². The third-order valence-corrected chi connectivity index (χ3v) is 8.16. The summed E-state index contributed by atoms with van der Waals surface area (Å²) in [6.07, 6.45) is 2.52. The lowest BCUT2D eigenvalue weighted by Gasteiger charge is -2.23. The monoisotopic (exact) mass is 579 g/mol. The van der Waals surface area contributed by atoms with Gasteiger partial charge in [0.2, 0.25) is 17.3 Å². The highest BCUT2D eigenvalue weighted by Crippen LogP contribution is 2.34. The van der Waals surface area contributed by atoms with Crippen LogP contribution in [0.25, 0.3) is 26.1 Å². The van der Waals surface area contributed by atoms with Gasteiger partial charge in [0.15, 0.2) is 5.65 Å². The van der Waals surface area contributed by atoms with Gasteiger partial charge in [-0.2, -0.15) is 4.98 Å². The average molecular weight is 580 g/mol. The van der Waals surface area contributed by atoms with Crippen molar-refractivity contribution in [2.24, 2.45) is 0 Å². The zero-order valence-electron chi connectivity index (χ0n) is 24.3. The fourth-order valence-corrected chi connectivity index (χ4v) is 6.27. The van der Waals surface area contributed by atoms with Crippen LogP contribution in [0.15, 0.2) is 35.3 Å². The molecule has 218 valence electrons. The van der Waals surface area contributed by atoms with Gasteiger partial charge < -0.3 is 24.8 Å². The van der Waals surface area contributed by atoms with Gasteiger partial charge >= 0.3 is 6.09 Å². The Bertz CT molecular complexity index is 1660. The predicted molar refractivity (Wildman–Crippen MR) is 163 cm³/mol. The second-order valence-corrected chi connectivity index (χ2v) is 12.4. The van der Waals surface area contributed by atoms with Crippen molar-refractivity contribution in [3.63, 3.8) is 0 Å². The lowest BCUT2D eigenvalue weighted by atomic mass is 10.2. The molecule has 0 saturated carbocycles. The van der Waals surface area contributed by atoms with Crippen LogP contribution in [-0.2, 0) is 9.53 Å². The molecule has 11 nitrogen and oxygen atoms in total. The number of nitrogens with zero attached hydrogens (tertiary/aromatic N) is 6. The van der Waals surface area contributed by atoms with Crippen molar-refractivity contribution in [3.05, 3.63) is 40.7 Å². The molecule has 4 heterocycles. The number of alkyl carbamates (subject to hydrolysis) is 1. The summed E-state index contributed by atoms with van der Waals surface area (Å²) < 4.78 is 8.26. The predicted octanol–water partition coefficient (Wildman–Crippen LogP) is 3.87. The normalized spacial score (nSPS) is 14.9. The lowest BCUT2D eigenvalue weighted by molar-refractivity contribution is -0.116. The minimum absolute atomic E-state index is 0.246. The number of amides is 2. The summed E-state index contributed by atoms with van der Waals surface area (Å²) in [6.45, 7) is 10.9. The summed E-state index contributed by atoms with van der Waals surface area (Å²) in [6, 6.07) is 7.91. The van der Waals surface area contributed by atoms with E-state index >= 15 is 0 Å². The van der Waals surface area contributed by atoms with Crippen molar-refractivity contribution in [2.45, 2.75) is 46.1 Å². The zero-order valence-corrected chi connectivity index (χ0v) is 25.1. The van der Waals surface area contributed by atoms with E-state index in [4.69, 9.17) is 9.72 Å². The number of benzene rings is 1. The molecule has 0 radical (unpaired) electrons. The number of ether oxygens (including phenoxy) is 1. The summed E-state index contributed by atoms with van der Waals surface area (Å²) >= 11 is 1.46. The van der Waals surface area contributed by atoms with E-state index in [0.717, 1.165) is 42.8 Å². The van der Waals surface area contributed by atoms with E-state index in [1.807, 2.05) is 28.7 Å². The fourth-order valence-electron chi connectivity index (χ4n) is 5.08. The maximum Gasteiger partial charge on any atom is 0.407 e. The number of hydrogen-bond donors (Lipinski definition) is 1. The van der Waals surface area contributed by atoms with Gasteiger partial charge in [0.25, 0.3) is 0 Å². The Labute approximate surface area is 242 Å². The maximum absolute atomic E-state index is 14.1. The van der Waals surface area contributed by atoms with Crippen molar-refractivity contribution in [3.8, 4) is 0 Å². The highest BCUT2D eigenvalue weighted by Gasteiger charge is 2.26. The van der Waals surface area contributed by atoms with Gasteiger partial charge in [0.1, 0.15) is 16.1 Å². The van der Waals surface area contributed by atoms with E-state index in [0.29, 0.717) is 40.5 Å². The Balaban J connectivity index is 1.56. The number of anilines is 2. The third-order valence-electron chi connectivity index (χ3n) is 7.02. The van der Waals surface area contributed by atoms with Gasteiger partial charge in [-0.1, -0.05) is 12.1 Å². The van der Waals surface area contributed by atoms with Gasteiger partial charge in [-0.15, -0.1) is 11.3 Å². The first kappa shape index (κ1) is 28.7. The van der Waals surface area contributed by atoms with Gasteiger partial charge in [-0.05, 0) is 59.3 Å². The van der Waals surface area contributed by atoms with Gasteiger partial charge in [-0.25, -0.2) is 9.78 Å². The molecule has 0 aliphatic carbocycles. The zero-order chi connectivity index (χ0) is 29.3. The summed E-state index contributed by atoms with van der Waals surface area (Å²) in [5.41, 5.74) is 0.853. The molecule has 0 atom stereocenters. The van der Waals surface area contributed by atoms with E-state index in [2.05, 4.69) is 27.1 Å². The molecular formula is C29H37N7O4S. The van der Waals surface area contributed by atoms with Crippen molar-refractivity contribution in [1.82, 2.24) is 24.6 Å². The minimum Gasteiger partial charge on any atom is -0.444 e. The topological polar surface area (TPSA) is 112 Å². The van der Waals surface area contributed by atoms with Crippen LogP contribution in [0.3, 0.4) is 0 Å². The van der Waals surface area contributed by atoms with Crippen LogP contribution in [0, 0.1) is 0 Å². The smallest absolute Gasteiger partial charge is 0.407 e. The molecule has 5 rings (SSSR count). The largest absolute Gasteiger partial charge is 0.444 e. The number of rotatable bonds is 6. The Morgan fingerprint density at radius 3 is 2.68 bits per heavy atom. The maximum atomic E-state index is 14.1. The number of pyridine rings is 1. The Morgan fingerprint density at radius 1 is 1.15 bits per heavy atom. The highest BCUT2D eigenvalue weighted by molar-refractivity contribution is 7.24. The van der Waals surface area contributed by atoms with Crippen LogP contribution in [0.5, 0.6) is 0 Å². The number of carbonyl (C=O) groups is 2. The lowest BCUT2D eigenvalue weighted by Crippen LogP contribution is -2.37. The average Bonchev–Trinajstić information content (AvgIpc) is 3.16. The number of hydrogen-bond acceptors (Lipinski definition) is 9. The number of aromatic nitrogens is 3. The Kier molecular flexibility index (Phi) is 8.14. The molecule has 1 aliphatic rings. The summed E-state index contributed by atoms with van der Waals surface area (Å²) in [5.74, 6) is 0.338. The summed E-state index contributed by atoms with van der Waals surface area (Å²) in [7, 11) is 2.11. The van der Waals surface area contributed by atoms with E-state index in [-0.39, 0.29) is 17.9 Å². The molecule has 1 N–H and O–H groups in total. The van der Waals surface area contributed by atoms with E-state index in [1.165, 1.54) is 23.2 Å². The summed E-state index contributed by atoms with van der Waals surface area (Å²) in [4.78, 5) is 55.3. The number of likely N-dealkylation sites (N-methyl/N-ethyl adjacent to an activating group) is 1.